The van der Waals surface area contributed by atoms with Crippen LogP contribution in [0, 0.1) is 0 Å². The number of nitrogens with zero attached hydrogens (tertiary/aromatic N) is 5. The van der Waals surface area contributed by atoms with Gasteiger partial charge in [0.2, 0.25) is 11.8 Å². The van der Waals surface area contributed by atoms with Gasteiger partial charge in [0, 0.05) is 19.9 Å². The number of benzene rings is 4. The summed E-state index contributed by atoms with van der Waals surface area (Å²) in [4.78, 5) is 45.1. The Morgan fingerprint density at radius 1 is 0.938 bits per heavy atom. The van der Waals surface area contributed by atoms with Gasteiger partial charge in [-0.15, -0.1) is 0 Å². The largest absolute Gasteiger partial charge is 0.460 e. The van der Waals surface area contributed by atoms with Crippen molar-refractivity contribution in [3.8, 4) is 0 Å². The van der Waals surface area contributed by atoms with Crippen molar-refractivity contribution in [1.29, 1.82) is 0 Å². The molecule has 0 unspecified atom stereocenters. The van der Waals surface area contributed by atoms with Gasteiger partial charge >= 0.3 is 5.97 Å². The average molecular weight is 647 g/mol. The fourth-order valence-electron chi connectivity index (χ4n) is 6.42. The SMILES string of the molecule is CCOC(=O)c1noc([C@@H](Cc2ccc3ccccc3c2)N(C)C(=O)[C@@H](Cc2ccc3ccccc3c2)N(N=C=O)C2CCNCC2)n1. The zero-order valence-electron chi connectivity index (χ0n) is 27.0. The number of ether oxygens (including phenoxy) is 1. The van der Waals surface area contributed by atoms with Crippen LogP contribution in [0.1, 0.15) is 53.4 Å². The van der Waals surface area contributed by atoms with E-state index in [0.717, 1.165) is 45.8 Å². The van der Waals surface area contributed by atoms with Gasteiger partial charge in [-0.05, 0) is 70.7 Å². The molecule has 2 atom stereocenters. The molecular formula is C37H38N6O5. The monoisotopic (exact) mass is 646 g/mol. The highest BCUT2D eigenvalue weighted by molar-refractivity contribution is 5.86. The van der Waals surface area contributed by atoms with Crippen LogP contribution in [0.2, 0.25) is 0 Å². The number of nitrogens with one attached hydrogen (secondary N) is 1. The van der Waals surface area contributed by atoms with E-state index in [2.05, 4.69) is 32.7 Å². The normalized spacial score (nSPS) is 14.6. The van der Waals surface area contributed by atoms with E-state index < -0.39 is 18.1 Å². The van der Waals surface area contributed by atoms with Gasteiger partial charge in [0.25, 0.3) is 11.9 Å². The topological polar surface area (TPSA) is 130 Å². The lowest BCUT2D eigenvalue weighted by atomic mass is 9.96. The smallest absolute Gasteiger partial charge is 0.379 e. The summed E-state index contributed by atoms with van der Waals surface area (Å²) in [7, 11) is 1.68. The maximum absolute atomic E-state index is 14.8. The van der Waals surface area contributed by atoms with Gasteiger partial charge in [0.1, 0.15) is 12.1 Å². The number of isocyanates is 1. The first-order valence-electron chi connectivity index (χ1n) is 16.2. The van der Waals surface area contributed by atoms with Gasteiger partial charge in [-0.25, -0.2) is 9.59 Å². The van der Waals surface area contributed by atoms with Crippen molar-refractivity contribution in [2.24, 2.45) is 5.10 Å². The standard InChI is InChI=1S/C37H38N6O5/c1-3-47-37(46)34-40-35(48-41-34)32(22-25-12-14-27-8-4-6-10-29(27)20-25)42(2)36(45)33(43(39-24-44)31-16-18-38-19-17-31)23-26-13-15-28-9-5-7-11-30(28)21-26/h4-15,20-21,31-33,38H,3,16-19,22-23H2,1-2H3/t32-,33-/m1/s1. The maximum Gasteiger partial charge on any atom is 0.379 e. The van der Waals surface area contributed by atoms with E-state index in [4.69, 9.17) is 9.26 Å². The minimum atomic E-state index is -0.840. The van der Waals surface area contributed by atoms with Gasteiger partial charge in [-0.3, -0.25) is 9.80 Å². The zero-order chi connectivity index (χ0) is 33.5. The van der Waals surface area contributed by atoms with Gasteiger partial charge in [0.05, 0.1) is 12.6 Å². The quantitative estimate of drug-likeness (QED) is 0.0840. The second kappa shape index (κ2) is 15.0. The molecule has 1 aliphatic heterocycles. The lowest BCUT2D eigenvalue weighted by Gasteiger charge is -2.39. The second-order valence-corrected chi connectivity index (χ2v) is 12.0. The Kier molecular flexibility index (Phi) is 10.2. The van der Waals surface area contributed by atoms with E-state index in [-0.39, 0.29) is 30.3 Å². The molecule has 0 spiro atoms. The Bertz CT molecular complexity index is 1950. The van der Waals surface area contributed by atoms with Gasteiger partial charge in [-0.2, -0.15) is 4.98 Å². The van der Waals surface area contributed by atoms with Gasteiger partial charge in [-0.1, -0.05) is 90.0 Å². The molecule has 0 aliphatic carbocycles. The molecule has 11 nitrogen and oxygen atoms in total. The second-order valence-electron chi connectivity index (χ2n) is 12.0. The summed E-state index contributed by atoms with van der Waals surface area (Å²) in [5.41, 5.74) is 1.86. The van der Waals surface area contributed by atoms with Crippen LogP contribution in [0.4, 0.5) is 0 Å². The summed E-state index contributed by atoms with van der Waals surface area (Å²) in [5, 5.41) is 17.3. The predicted molar refractivity (Wildman–Crippen MR) is 181 cm³/mol. The molecule has 1 aromatic heterocycles. The highest BCUT2D eigenvalue weighted by Crippen LogP contribution is 2.29. The molecule has 246 valence electrons. The molecule has 0 saturated carbocycles. The van der Waals surface area contributed by atoms with Crippen molar-refractivity contribution >= 4 is 39.5 Å². The maximum atomic E-state index is 14.8. The fourth-order valence-corrected chi connectivity index (χ4v) is 6.42. The van der Waals surface area contributed by atoms with Crippen LogP contribution < -0.4 is 5.32 Å². The van der Waals surface area contributed by atoms with Crippen LogP contribution in [0.25, 0.3) is 21.5 Å². The molecule has 1 amide bonds. The Balaban J connectivity index is 1.39. The number of rotatable bonds is 12. The fraction of sp³-hybridized carbons (Fsp3) is 0.324. The number of hydrogen-bond acceptors (Lipinski definition) is 10. The predicted octanol–water partition coefficient (Wildman–Crippen LogP) is 5.21. The summed E-state index contributed by atoms with van der Waals surface area (Å²) < 4.78 is 10.7. The first kappa shape index (κ1) is 32.6. The molecule has 2 heterocycles. The Morgan fingerprint density at radius 2 is 1.54 bits per heavy atom. The van der Waals surface area contributed by atoms with E-state index in [0.29, 0.717) is 25.7 Å². The number of hydrogen-bond donors (Lipinski definition) is 1. The number of likely N-dealkylation sites (N-methyl/N-ethyl adjacent to an activating group) is 1. The number of carbonyl (C=O) groups is 2. The Labute approximate surface area is 278 Å². The molecule has 0 radical (unpaired) electrons. The molecule has 1 saturated heterocycles. The van der Waals surface area contributed by atoms with Crippen LogP contribution in [-0.4, -0.2) is 76.8 Å². The van der Waals surface area contributed by atoms with Crippen molar-refractivity contribution in [2.45, 2.75) is 50.7 Å². The average Bonchev–Trinajstić information content (AvgIpc) is 3.62. The number of esters is 1. The summed E-state index contributed by atoms with van der Waals surface area (Å²) in [6, 6.07) is 26.5. The van der Waals surface area contributed by atoms with Crippen LogP contribution in [0.15, 0.2) is 94.6 Å². The van der Waals surface area contributed by atoms with Crippen molar-refractivity contribution in [3.05, 3.63) is 108 Å². The van der Waals surface area contributed by atoms with Crippen LogP contribution in [-0.2, 0) is 27.2 Å². The number of hydrazone groups is 1. The van der Waals surface area contributed by atoms with Crippen LogP contribution in [0.5, 0.6) is 0 Å². The molecule has 1 aliphatic rings. The van der Waals surface area contributed by atoms with Crippen LogP contribution in [0.3, 0.4) is 0 Å². The molecule has 11 heteroatoms. The third-order valence-corrected chi connectivity index (χ3v) is 8.93. The molecule has 5 aromatic rings. The van der Waals surface area contributed by atoms with E-state index in [1.165, 1.54) is 0 Å². The Morgan fingerprint density at radius 3 is 2.15 bits per heavy atom. The zero-order valence-corrected chi connectivity index (χ0v) is 27.0. The Hall–Kier alpha value is -5.38. The van der Waals surface area contributed by atoms with Crippen molar-refractivity contribution in [1.82, 2.24) is 25.4 Å². The van der Waals surface area contributed by atoms with Crippen molar-refractivity contribution < 1.29 is 23.6 Å². The number of aromatic nitrogens is 2. The molecular weight excluding hydrogens is 608 g/mol. The lowest BCUT2D eigenvalue weighted by Crippen LogP contribution is -2.53. The number of piperidine rings is 1. The lowest BCUT2D eigenvalue weighted by molar-refractivity contribution is -0.140. The minimum Gasteiger partial charge on any atom is -0.460 e. The van der Waals surface area contributed by atoms with Gasteiger partial charge < -0.3 is 19.5 Å². The van der Waals surface area contributed by atoms with E-state index in [9.17, 15) is 14.4 Å². The molecule has 1 fully saturated rings. The number of carbonyl (C=O) groups excluding carboxylic acids is 3. The third kappa shape index (κ3) is 7.27. The van der Waals surface area contributed by atoms with E-state index in [1.54, 1.807) is 30.0 Å². The minimum absolute atomic E-state index is 0.0961. The molecule has 1 N–H and O–H groups in total. The van der Waals surface area contributed by atoms with Gasteiger partial charge in [0.15, 0.2) is 0 Å². The summed E-state index contributed by atoms with van der Waals surface area (Å²) in [6.45, 7) is 3.33. The third-order valence-electron chi connectivity index (χ3n) is 8.93. The summed E-state index contributed by atoms with van der Waals surface area (Å²) in [6.07, 6.45) is 3.76. The summed E-state index contributed by atoms with van der Waals surface area (Å²) in [5.74, 6) is -1.12. The van der Waals surface area contributed by atoms with Crippen molar-refractivity contribution in [3.63, 3.8) is 0 Å². The molecule has 6 rings (SSSR count). The summed E-state index contributed by atoms with van der Waals surface area (Å²) >= 11 is 0. The van der Waals surface area contributed by atoms with Crippen molar-refractivity contribution in [2.75, 3.05) is 26.7 Å². The first-order chi connectivity index (χ1) is 23.4. The highest BCUT2D eigenvalue weighted by Gasteiger charge is 2.38. The van der Waals surface area contributed by atoms with Crippen LogP contribution >= 0.6 is 0 Å². The number of fused-ring (bicyclic) bond motifs is 2. The van der Waals surface area contributed by atoms with E-state index in [1.807, 2.05) is 72.8 Å². The molecule has 4 aromatic carbocycles. The molecule has 0 bridgehead atoms. The van der Waals surface area contributed by atoms with E-state index >= 15 is 0 Å². The molecule has 48 heavy (non-hydrogen) atoms. The first-order valence-corrected chi connectivity index (χ1v) is 16.2. The highest BCUT2D eigenvalue weighted by atomic mass is 16.5. The number of amides is 1.